The smallest absolute Gasteiger partial charge is 0.305 e. The molecule has 1 aromatic heterocycles. The lowest BCUT2D eigenvalue weighted by Gasteiger charge is -2.30. The molecule has 202 valence electrons. The number of rotatable bonds is 6. The van der Waals surface area contributed by atoms with E-state index in [0.717, 1.165) is 15.8 Å². The molecular weight excluding hydrogens is 621 g/mol. The number of halogens is 2. The number of imide groups is 1. The summed E-state index contributed by atoms with van der Waals surface area (Å²) in [5, 5.41) is 2.49. The number of anilines is 2. The third kappa shape index (κ3) is 4.98. The van der Waals surface area contributed by atoms with Crippen LogP contribution in [-0.4, -0.2) is 34.6 Å². The van der Waals surface area contributed by atoms with E-state index in [-0.39, 0.29) is 23.3 Å². The average Bonchev–Trinajstić information content (AvgIpc) is 3.43. The minimum absolute atomic E-state index is 0.267. The Labute approximate surface area is 243 Å². The van der Waals surface area contributed by atoms with Crippen molar-refractivity contribution in [3.63, 3.8) is 0 Å². The maximum Gasteiger partial charge on any atom is 0.305 e. The predicted octanol–water partition coefficient (Wildman–Crippen LogP) is 5.15. The number of hydrogen-bond acceptors (Lipinski definition) is 7. The Morgan fingerprint density at radius 2 is 1.77 bits per heavy atom. The van der Waals surface area contributed by atoms with Gasteiger partial charge in [-0.3, -0.25) is 19.2 Å². The molecule has 2 aliphatic rings. The Morgan fingerprint density at radius 1 is 1.02 bits per heavy atom. The SMILES string of the molecule is O=C(COc1cccc([C@@H]2c3sc(=O)[nH]c3S[C@H]3C(=O)N(c4ccc(Br)cc4)C(=O)[C@@H]23)c1)Nc1ccc(F)cc1. The van der Waals surface area contributed by atoms with E-state index in [4.69, 9.17) is 4.74 Å². The number of H-pyrrole nitrogens is 1. The van der Waals surface area contributed by atoms with Crippen LogP contribution in [0.2, 0.25) is 0 Å². The highest BCUT2D eigenvalue weighted by Gasteiger charge is 2.56. The standard InChI is InChI=1S/C28H19BrFN3O5S2/c29-15-4-10-18(11-5-15)33-26(35)22-21(23-25(32-28(37)40-23)39-24(22)27(33)36)14-2-1-3-19(12-14)38-13-20(34)31-17-8-6-16(30)7-9-17/h1-12,21-22,24H,13H2,(H,31,34)(H,32,37)/t21-,22-,24+/m0/s1. The summed E-state index contributed by atoms with van der Waals surface area (Å²) in [5.41, 5.74) is 1.60. The summed E-state index contributed by atoms with van der Waals surface area (Å²) in [6.07, 6.45) is 0. The minimum Gasteiger partial charge on any atom is -0.484 e. The first-order valence-electron chi connectivity index (χ1n) is 12.1. The number of amides is 3. The molecule has 0 unspecified atom stereocenters. The van der Waals surface area contributed by atoms with Gasteiger partial charge in [0.05, 0.1) is 16.6 Å². The van der Waals surface area contributed by atoms with Crippen LogP contribution in [0, 0.1) is 11.7 Å². The summed E-state index contributed by atoms with van der Waals surface area (Å²) in [7, 11) is 0. The molecule has 12 heteroatoms. The third-order valence-corrected chi connectivity index (χ3v) is 9.55. The van der Waals surface area contributed by atoms with Gasteiger partial charge in [-0.15, -0.1) is 0 Å². The number of carbonyl (C=O) groups is 3. The van der Waals surface area contributed by atoms with Crippen LogP contribution in [0.5, 0.6) is 5.75 Å². The molecule has 0 aliphatic carbocycles. The minimum atomic E-state index is -0.739. The molecule has 0 spiro atoms. The number of nitrogens with zero attached hydrogens (tertiary/aromatic N) is 1. The number of carbonyl (C=O) groups excluding carboxylic acids is 3. The molecule has 2 aliphatic heterocycles. The summed E-state index contributed by atoms with van der Waals surface area (Å²) in [4.78, 5) is 56.5. The van der Waals surface area contributed by atoms with E-state index < -0.39 is 28.8 Å². The number of hydrogen-bond donors (Lipinski definition) is 2. The number of thioether (sulfide) groups is 1. The summed E-state index contributed by atoms with van der Waals surface area (Å²) in [5.74, 6) is -2.45. The van der Waals surface area contributed by atoms with E-state index in [0.29, 0.717) is 32.6 Å². The molecule has 2 N–H and O–H groups in total. The topological polar surface area (TPSA) is 109 Å². The monoisotopic (exact) mass is 639 g/mol. The number of fused-ring (bicyclic) bond motifs is 2. The van der Waals surface area contributed by atoms with Gasteiger partial charge >= 0.3 is 4.87 Å². The van der Waals surface area contributed by atoms with Gasteiger partial charge in [-0.1, -0.05) is 51.2 Å². The van der Waals surface area contributed by atoms with Gasteiger partial charge in [0, 0.05) is 21.0 Å². The second kappa shape index (κ2) is 10.7. The fraction of sp³-hybridized carbons (Fsp3) is 0.143. The van der Waals surface area contributed by atoms with E-state index in [1.54, 1.807) is 42.5 Å². The lowest BCUT2D eigenvalue weighted by molar-refractivity contribution is -0.122. The van der Waals surface area contributed by atoms with Gasteiger partial charge in [-0.05, 0) is 66.2 Å². The second-order valence-electron chi connectivity index (χ2n) is 9.15. The third-order valence-electron chi connectivity index (χ3n) is 6.62. The molecule has 4 aromatic rings. The van der Waals surface area contributed by atoms with Crippen LogP contribution in [0.25, 0.3) is 0 Å². The largest absolute Gasteiger partial charge is 0.484 e. The fourth-order valence-electron chi connectivity index (χ4n) is 4.90. The zero-order valence-corrected chi connectivity index (χ0v) is 23.6. The zero-order chi connectivity index (χ0) is 28.0. The van der Waals surface area contributed by atoms with Gasteiger partial charge in [-0.25, -0.2) is 9.29 Å². The first-order valence-corrected chi connectivity index (χ1v) is 14.6. The van der Waals surface area contributed by atoms with Crippen molar-refractivity contribution in [2.24, 2.45) is 5.92 Å². The van der Waals surface area contributed by atoms with E-state index in [2.05, 4.69) is 26.2 Å². The molecule has 0 radical (unpaired) electrons. The van der Waals surface area contributed by atoms with Crippen LogP contribution in [0.4, 0.5) is 15.8 Å². The molecule has 6 rings (SSSR count). The lowest BCUT2D eigenvalue weighted by Crippen LogP contribution is -2.32. The maximum absolute atomic E-state index is 13.8. The number of aromatic amines is 1. The van der Waals surface area contributed by atoms with E-state index >= 15 is 0 Å². The summed E-state index contributed by atoms with van der Waals surface area (Å²) in [6.45, 7) is -0.301. The highest BCUT2D eigenvalue weighted by Crippen LogP contribution is 2.53. The summed E-state index contributed by atoms with van der Waals surface area (Å²) < 4.78 is 19.7. The van der Waals surface area contributed by atoms with Crippen molar-refractivity contribution in [2.45, 2.75) is 16.2 Å². The average molecular weight is 641 g/mol. The number of ether oxygens (including phenoxy) is 1. The van der Waals surface area contributed by atoms with Crippen molar-refractivity contribution in [1.82, 2.24) is 4.98 Å². The predicted molar refractivity (Wildman–Crippen MR) is 154 cm³/mol. The molecule has 0 bridgehead atoms. The van der Waals surface area contributed by atoms with Crippen LogP contribution in [0.1, 0.15) is 16.4 Å². The highest BCUT2D eigenvalue weighted by molar-refractivity contribution is 9.10. The highest BCUT2D eigenvalue weighted by atomic mass is 79.9. The number of benzene rings is 3. The number of aromatic nitrogens is 1. The fourth-order valence-corrected chi connectivity index (χ4v) is 7.68. The molecule has 3 atom stereocenters. The van der Waals surface area contributed by atoms with Crippen molar-refractivity contribution >= 4 is 68.1 Å². The molecule has 40 heavy (non-hydrogen) atoms. The lowest BCUT2D eigenvalue weighted by atomic mass is 9.83. The summed E-state index contributed by atoms with van der Waals surface area (Å²) in [6, 6.07) is 19.3. The molecule has 8 nitrogen and oxygen atoms in total. The van der Waals surface area contributed by atoms with Crippen molar-refractivity contribution < 1.29 is 23.5 Å². The molecule has 1 saturated heterocycles. The van der Waals surface area contributed by atoms with Crippen molar-refractivity contribution in [3.8, 4) is 5.75 Å². The van der Waals surface area contributed by atoms with Gasteiger partial charge in [-0.2, -0.15) is 0 Å². The van der Waals surface area contributed by atoms with Crippen LogP contribution >= 0.6 is 39.0 Å². The van der Waals surface area contributed by atoms with Gasteiger partial charge in [0.2, 0.25) is 11.8 Å². The van der Waals surface area contributed by atoms with Crippen molar-refractivity contribution in [3.05, 3.63) is 103 Å². The van der Waals surface area contributed by atoms with Gasteiger partial charge < -0.3 is 15.0 Å². The first-order chi connectivity index (χ1) is 19.3. The van der Waals surface area contributed by atoms with Crippen LogP contribution in [-0.2, 0) is 14.4 Å². The normalized spacial score (nSPS) is 19.8. The van der Waals surface area contributed by atoms with E-state index in [1.807, 2.05) is 6.07 Å². The Balaban J connectivity index is 1.28. The maximum atomic E-state index is 13.8. The number of nitrogens with one attached hydrogen (secondary N) is 2. The molecule has 3 aromatic carbocycles. The van der Waals surface area contributed by atoms with Gasteiger partial charge in [0.15, 0.2) is 6.61 Å². The van der Waals surface area contributed by atoms with Crippen molar-refractivity contribution in [2.75, 3.05) is 16.8 Å². The molecule has 0 saturated carbocycles. The second-order valence-corrected chi connectivity index (χ2v) is 12.2. The van der Waals surface area contributed by atoms with Gasteiger partial charge in [0.25, 0.3) is 5.91 Å². The first kappa shape index (κ1) is 26.5. The summed E-state index contributed by atoms with van der Waals surface area (Å²) >= 11 is 5.60. The number of thiazole rings is 1. The van der Waals surface area contributed by atoms with Crippen LogP contribution in [0.15, 0.2) is 87.1 Å². The van der Waals surface area contributed by atoms with Crippen LogP contribution < -0.4 is 19.8 Å². The van der Waals surface area contributed by atoms with Crippen molar-refractivity contribution in [1.29, 1.82) is 0 Å². The Hall–Kier alpha value is -3.74. The quantitative estimate of drug-likeness (QED) is 0.283. The Kier molecular flexibility index (Phi) is 7.07. The molecular formula is C28H19BrFN3O5S2. The van der Waals surface area contributed by atoms with Crippen LogP contribution in [0.3, 0.4) is 0 Å². The molecule has 1 fully saturated rings. The van der Waals surface area contributed by atoms with Gasteiger partial charge in [0.1, 0.15) is 16.8 Å². The Bertz CT molecular complexity index is 1690. The molecule has 3 amide bonds. The molecule has 3 heterocycles. The van der Waals surface area contributed by atoms with E-state index in [1.165, 1.54) is 40.9 Å². The van der Waals surface area contributed by atoms with E-state index in [9.17, 15) is 23.6 Å². The Morgan fingerprint density at radius 3 is 2.52 bits per heavy atom. The zero-order valence-electron chi connectivity index (χ0n) is 20.4.